The fourth-order valence-electron chi connectivity index (χ4n) is 4.01. The molecule has 13 heteroatoms. The molecule has 1 aromatic carbocycles. The van der Waals surface area contributed by atoms with Crippen LogP contribution in [-0.4, -0.2) is 71.4 Å². The highest BCUT2D eigenvalue weighted by atomic mass is 19.1. The third kappa shape index (κ3) is 6.11. The summed E-state index contributed by atoms with van der Waals surface area (Å²) >= 11 is 0. The number of methoxy groups -OCH3 is 1. The molecular weight excluding hydrogens is 523 g/mol. The number of hydrogen-bond donors (Lipinski definition) is 3. The summed E-state index contributed by atoms with van der Waals surface area (Å²) in [4.78, 5) is 42.0. The highest BCUT2D eigenvalue weighted by Crippen LogP contribution is 2.39. The highest BCUT2D eigenvalue weighted by molar-refractivity contribution is 5.85. The van der Waals surface area contributed by atoms with E-state index >= 15 is 0 Å². The van der Waals surface area contributed by atoms with Gasteiger partial charge in [0.05, 0.1) is 36.4 Å². The van der Waals surface area contributed by atoms with E-state index in [1.54, 1.807) is 52.3 Å². The summed E-state index contributed by atoms with van der Waals surface area (Å²) in [6.45, 7) is 5.81. The maximum atomic E-state index is 13.7. The van der Waals surface area contributed by atoms with Gasteiger partial charge < -0.3 is 35.0 Å². The number of nitrogens with one attached hydrogen (secondary N) is 2. The first-order valence-corrected chi connectivity index (χ1v) is 12.8. The largest absolute Gasteiger partial charge is 0.462 e. The first-order valence-electron chi connectivity index (χ1n) is 12.8. The molecule has 12 nitrogen and oxygen atoms in total. The van der Waals surface area contributed by atoms with Crippen molar-refractivity contribution in [3.8, 4) is 22.6 Å². The highest BCUT2D eigenvalue weighted by Gasteiger charge is 2.54. The van der Waals surface area contributed by atoms with Gasteiger partial charge in [-0.2, -0.15) is 0 Å². The molecule has 2 aromatic heterocycles. The number of aromatic nitrogens is 4. The summed E-state index contributed by atoms with van der Waals surface area (Å²) in [6.07, 6.45) is 1.97. The Hall–Kier alpha value is -3.94. The maximum Gasteiger partial charge on any atom is 0.316 e. The van der Waals surface area contributed by atoms with Crippen LogP contribution in [0.2, 0.25) is 0 Å². The van der Waals surface area contributed by atoms with Crippen LogP contribution >= 0.6 is 0 Å². The summed E-state index contributed by atoms with van der Waals surface area (Å²) in [5.41, 5.74) is 6.32. The van der Waals surface area contributed by atoms with Crippen LogP contribution in [0.1, 0.15) is 33.0 Å². The van der Waals surface area contributed by atoms with Crippen LogP contribution in [0.3, 0.4) is 0 Å². The van der Waals surface area contributed by atoms with Crippen LogP contribution in [0.4, 0.5) is 10.3 Å². The molecule has 0 bridgehead atoms. The number of anilines is 1. The molecule has 1 aliphatic heterocycles. The summed E-state index contributed by atoms with van der Waals surface area (Å²) in [5, 5.41) is 3.13. The molecule has 1 fully saturated rings. The number of rotatable bonds is 11. The lowest BCUT2D eigenvalue weighted by Gasteiger charge is -2.40. The van der Waals surface area contributed by atoms with Gasteiger partial charge in [-0.15, -0.1) is 0 Å². The van der Waals surface area contributed by atoms with E-state index in [-0.39, 0.29) is 25.1 Å². The zero-order chi connectivity index (χ0) is 28.9. The van der Waals surface area contributed by atoms with Gasteiger partial charge in [0.1, 0.15) is 11.2 Å². The van der Waals surface area contributed by atoms with Gasteiger partial charge in [0.25, 0.3) is 5.91 Å². The molecule has 0 radical (unpaired) electrons. The minimum atomic E-state index is -2.13. The Morgan fingerprint density at radius 1 is 1.18 bits per heavy atom. The van der Waals surface area contributed by atoms with E-state index in [1.165, 1.54) is 12.1 Å². The standard InChI is InChI=1S/C27H33FN6O6/c1-16(2)40-24(36)26(3)14-38-27(22(29)35,39-15-26)23-33-20(17-6-8-18(28)9-7-17)21(34-23)19-10-12-31-25(32-19)30-11-5-13-37-4/h6-10,12,16H,5,11,13-15H2,1-4H3,(H2,29,35)(H,33,34)(H,30,31,32). The first kappa shape index (κ1) is 29.1. The maximum absolute atomic E-state index is 13.7. The van der Waals surface area contributed by atoms with Gasteiger partial charge in [0, 0.05) is 32.0 Å². The number of primary amides is 1. The lowest BCUT2D eigenvalue weighted by atomic mass is 9.91. The molecule has 0 atom stereocenters. The van der Waals surface area contributed by atoms with Gasteiger partial charge >= 0.3 is 11.8 Å². The number of carbonyl (C=O) groups is 2. The van der Waals surface area contributed by atoms with Crippen LogP contribution in [0, 0.1) is 11.2 Å². The number of ether oxygens (including phenoxy) is 4. The van der Waals surface area contributed by atoms with Crippen molar-refractivity contribution in [1.29, 1.82) is 0 Å². The van der Waals surface area contributed by atoms with Crippen LogP contribution in [0.15, 0.2) is 36.5 Å². The third-order valence-corrected chi connectivity index (χ3v) is 6.20. The lowest BCUT2D eigenvalue weighted by molar-refractivity contribution is -0.294. The summed E-state index contributed by atoms with van der Waals surface area (Å²) in [6, 6.07) is 7.33. The Labute approximate surface area is 230 Å². The van der Waals surface area contributed by atoms with Crippen LogP contribution in [-0.2, 0) is 34.3 Å². The summed E-state index contributed by atoms with van der Waals surface area (Å²) in [5.74, 6) is -3.74. The number of H-pyrrole nitrogens is 1. The minimum Gasteiger partial charge on any atom is -0.462 e. The Balaban J connectivity index is 1.73. The number of imidazole rings is 1. The molecular formula is C27H33FN6O6. The number of amides is 1. The van der Waals surface area contributed by atoms with Crippen LogP contribution < -0.4 is 11.1 Å². The normalized spacial score (nSPS) is 20.9. The molecule has 1 amide bonds. The van der Waals surface area contributed by atoms with E-state index in [2.05, 4.69) is 25.3 Å². The molecule has 214 valence electrons. The van der Waals surface area contributed by atoms with Crippen LogP contribution in [0.5, 0.6) is 0 Å². The Bertz CT molecular complexity index is 1340. The number of nitrogens with zero attached hydrogens (tertiary/aromatic N) is 3. The van der Waals surface area contributed by atoms with E-state index in [9.17, 15) is 14.0 Å². The van der Waals surface area contributed by atoms with E-state index < -0.39 is 28.9 Å². The van der Waals surface area contributed by atoms with Crippen molar-refractivity contribution in [1.82, 2.24) is 19.9 Å². The number of hydrogen-bond acceptors (Lipinski definition) is 10. The Morgan fingerprint density at radius 3 is 2.50 bits per heavy atom. The number of carbonyl (C=O) groups excluding carboxylic acids is 2. The van der Waals surface area contributed by atoms with Crippen molar-refractivity contribution in [3.63, 3.8) is 0 Å². The van der Waals surface area contributed by atoms with Gasteiger partial charge in [0.15, 0.2) is 5.82 Å². The Kier molecular flexibility index (Phi) is 8.76. The van der Waals surface area contributed by atoms with Crippen molar-refractivity contribution in [2.45, 2.75) is 39.1 Å². The summed E-state index contributed by atoms with van der Waals surface area (Å²) < 4.78 is 35.9. The molecule has 3 aromatic rings. The molecule has 0 unspecified atom stereocenters. The molecule has 0 spiro atoms. The van der Waals surface area contributed by atoms with E-state index in [1.807, 2.05) is 0 Å². The fraction of sp³-hybridized carbons (Fsp3) is 0.444. The monoisotopic (exact) mass is 556 g/mol. The van der Waals surface area contributed by atoms with Gasteiger partial charge in [-0.3, -0.25) is 9.59 Å². The zero-order valence-electron chi connectivity index (χ0n) is 22.8. The predicted octanol–water partition coefficient (Wildman–Crippen LogP) is 2.76. The molecule has 40 heavy (non-hydrogen) atoms. The molecule has 1 saturated heterocycles. The minimum absolute atomic E-state index is 0.0539. The predicted molar refractivity (Wildman–Crippen MR) is 142 cm³/mol. The first-order chi connectivity index (χ1) is 19.1. The molecule has 4 N–H and O–H groups in total. The third-order valence-electron chi connectivity index (χ3n) is 6.20. The lowest BCUT2D eigenvalue weighted by Crippen LogP contribution is -2.56. The van der Waals surface area contributed by atoms with Crippen molar-refractivity contribution in [2.24, 2.45) is 11.1 Å². The van der Waals surface area contributed by atoms with Gasteiger partial charge in [-0.05, 0) is 57.5 Å². The second kappa shape index (κ2) is 12.1. The van der Waals surface area contributed by atoms with Gasteiger partial charge in [-0.1, -0.05) is 0 Å². The average Bonchev–Trinajstić information content (AvgIpc) is 3.38. The number of benzene rings is 1. The van der Waals surface area contributed by atoms with Crippen molar-refractivity contribution in [3.05, 3.63) is 48.2 Å². The van der Waals surface area contributed by atoms with Gasteiger partial charge in [-0.25, -0.2) is 19.3 Å². The Morgan fingerprint density at radius 2 is 1.88 bits per heavy atom. The van der Waals surface area contributed by atoms with Gasteiger partial charge in [0.2, 0.25) is 5.95 Å². The molecule has 3 heterocycles. The van der Waals surface area contributed by atoms with Crippen LogP contribution in [0.25, 0.3) is 22.6 Å². The molecule has 4 rings (SSSR count). The van der Waals surface area contributed by atoms with E-state index in [4.69, 9.17) is 24.7 Å². The second-order valence-electron chi connectivity index (χ2n) is 9.93. The number of nitrogens with two attached hydrogens (primary N) is 1. The average molecular weight is 557 g/mol. The van der Waals surface area contributed by atoms with E-state index in [0.29, 0.717) is 41.7 Å². The summed E-state index contributed by atoms with van der Waals surface area (Å²) in [7, 11) is 1.63. The van der Waals surface area contributed by atoms with Crippen molar-refractivity contribution >= 4 is 17.8 Å². The second-order valence-corrected chi connectivity index (χ2v) is 9.93. The topological polar surface area (TPSA) is 164 Å². The number of esters is 1. The smallest absolute Gasteiger partial charge is 0.316 e. The zero-order valence-corrected chi connectivity index (χ0v) is 22.8. The molecule has 0 saturated carbocycles. The fourth-order valence-corrected chi connectivity index (χ4v) is 4.01. The molecule has 1 aliphatic rings. The van der Waals surface area contributed by atoms with Crippen molar-refractivity contribution < 1.29 is 32.9 Å². The quantitative estimate of drug-likeness (QED) is 0.236. The number of aromatic amines is 1. The molecule has 0 aliphatic carbocycles. The SMILES string of the molecule is COCCCNc1nccc(-c2[nH]c(C3(C(N)=O)OCC(C)(C(=O)OC(C)C)CO3)nc2-c2ccc(F)cc2)n1. The van der Waals surface area contributed by atoms with E-state index in [0.717, 1.165) is 6.42 Å². The number of halogens is 1. The van der Waals surface area contributed by atoms with Crippen molar-refractivity contribution in [2.75, 3.05) is 38.8 Å².